The Bertz CT molecular complexity index is 1130. The van der Waals surface area contributed by atoms with E-state index in [-0.39, 0.29) is 13.1 Å². The van der Waals surface area contributed by atoms with Crippen molar-refractivity contribution in [3.63, 3.8) is 0 Å². The van der Waals surface area contributed by atoms with Gasteiger partial charge in [0.15, 0.2) is 0 Å². The molecule has 2 aliphatic rings. The molecule has 2 aliphatic heterocycles. The Morgan fingerprint density at radius 1 is 1.15 bits per heavy atom. The summed E-state index contributed by atoms with van der Waals surface area (Å²) in [5.74, 6) is -5.22. The number of quaternary nitrogens is 1. The summed E-state index contributed by atoms with van der Waals surface area (Å²) in [5, 5.41) is 19.7. The molecule has 1 fully saturated rings. The van der Waals surface area contributed by atoms with Gasteiger partial charge in [-0.3, -0.25) is 9.63 Å². The molecule has 4 rings (SSSR count). The van der Waals surface area contributed by atoms with Crippen LogP contribution in [-0.4, -0.2) is 52.1 Å². The number of carboxylic acids is 2. The van der Waals surface area contributed by atoms with E-state index >= 15 is 0 Å². The van der Waals surface area contributed by atoms with Gasteiger partial charge in [0.05, 0.1) is 6.10 Å². The van der Waals surface area contributed by atoms with Crippen LogP contribution in [0.3, 0.4) is 0 Å². The molecule has 4 atom stereocenters. The number of likely N-dealkylation sites (tertiary alicyclic amines) is 1. The van der Waals surface area contributed by atoms with Crippen LogP contribution < -0.4 is 0 Å². The van der Waals surface area contributed by atoms with Gasteiger partial charge in [0.25, 0.3) is 0 Å². The second-order valence-corrected chi connectivity index (χ2v) is 9.89. The maximum atomic E-state index is 12.2. The molecular formula is C24H25ClNO7S+. The lowest BCUT2D eigenvalue weighted by molar-refractivity contribution is -1.13. The molecule has 2 aromatic carbocycles. The van der Waals surface area contributed by atoms with Crippen LogP contribution in [0.4, 0.5) is 0 Å². The molecule has 0 spiro atoms. The number of carbonyl (C=O) groups excluding carboxylic acids is 1. The van der Waals surface area contributed by atoms with Crippen LogP contribution in [0.2, 0.25) is 5.02 Å². The van der Waals surface area contributed by atoms with Gasteiger partial charge in [-0.25, -0.2) is 9.59 Å². The van der Waals surface area contributed by atoms with Crippen molar-refractivity contribution in [1.29, 1.82) is 0 Å². The van der Waals surface area contributed by atoms with Crippen LogP contribution in [0.1, 0.15) is 37.0 Å². The molecule has 2 aromatic rings. The lowest BCUT2D eigenvalue weighted by atomic mass is 9.94. The number of halogens is 1. The number of carbonyl (C=O) groups is 3. The van der Waals surface area contributed by atoms with Gasteiger partial charge >= 0.3 is 17.9 Å². The Morgan fingerprint density at radius 2 is 1.91 bits per heavy atom. The van der Waals surface area contributed by atoms with E-state index in [9.17, 15) is 19.5 Å². The Kier molecular flexibility index (Phi) is 7.18. The first-order valence-electron chi connectivity index (χ1n) is 11.0. The van der Waals surface area contributed by atoms with E-state index in [4.69, 9.17) is 26.3 Å². The molecule has 0 bridgehead atoms. The number of aliphatic carboxylic acids is 2. The molecule has 0 amide bonds. The van der Waals surface area contributed by atoms with Crippen molar-refractivity contribution in [1.82, 2.24) is 0 Å². The fourth-order valence-corrected chi connectivity index (χ4v) is 6.00. The highest BCUT2D eigenvalue weighted by atomic mass is 35.5. The standard InChI is InChI=1S/C24H24ClNO7S/c1-2-26(33-24(31)23(29)30)11-5-7-17(22(27)28)21(26)32-18-13-14-12-15(25)9-10-19(14)34-20-8-4-3-6-16(18)20/h3-4,6,8-10,12,17-18,21H,2,5,7,11,13H2,1H3,(H-,27,28,29,30)/p+1. The number of nitrogens with zero attached hydrogens (tertiary/aromatic N) is 1. The smallest absolute Gasteiger partial charge is 0.473 e. The molecule has 0 aliphatic carbocycles. The second-order valence-electron chi connectivity index (χ2n) is 8.37. The zero-order valence-corrected chi connectivity index (χ0v) is 20.1. The minimum Gasteiger partial charge on any atom is -0.481 e. The summed E-state index contributed by atoms with van der Waals surface area (Å²) in [6, 6.07) is 13.4. The van der Waals surface area contributed by atoms with Crippen LogP contribution in [0.25, 0.3) is 0 Å². The normalized spacial score (nSPS) is 26.0. The molecule has 2 heterocycles. The summed E-state index contributed by atoms with van der Waals surface area (Å²) in [7, 11) is 0. The predicted octanol–water partition coefficient (Wildman–Crippen LogP) is 4.31. The van der Waals surface area contributed by atoms with E-state index in [1.807, 2.05) is 42.5 Å². The molecular weight excluding hydrogens is 482 g/mol. The number of hydrogen-bond donors (Lipinski definition) is 2. The van der Waals surface area contributed by atoms with Crippen LogP contribution in [0.15, 0.2) is 52.3 Å². The van der Waals surface area contributed by atoms with Crippen molar-refractivity contribution in [2.24, 2.45) is 5.92 Å². The van der Waals surface area contributed by atoms with Gasteiger partial charge < -0.3 is 14.9 Å². The summed E-state index contributed by atoms with van der Waals surface area (Å²) in [6.07, 6.45) is -0.424. The summed E-state index contributed by atoms with van der Waals surface area (Å²) >= 11 is 7.84. The third kappa shape index (κ3) is 4.79. The van der Waals surface area contributed by atoms with Crippen LogP contribution >= 0.6 is 23.4 Å². The number of carboxylic acid groups (broad SMARTS) is 2. The number of benzene rings is 2. The van der Waals surface area contributed by atoms with Gasteiger partial charge in [-0.05, 0) is 48.7 Å². The number of fused-ring (bicyclic) bond motifs is 2. The Morgan fingerprint density at radius 3 is 2.62 bits per heavy atom. The number of piperidine rings is 1. The number of ether oxygens (including phenoxy) is 1. The zero-order valence-electron chi connectivity index (χ0n) is 18.5. The second kappa shape index (κ2) is 9.95. The fraction of sp³-hybridized carbons (Fsp3) is 0.375. The van der Waals surface area contributed by atoms with Gasteiger partial charge in [-0.1, -0.05) is 41.6 Å². The molecule has 10 heteroatoms. The van der Waals surface area contributed by atoms with Crippen LogP contribution in [0.5, 0.6) is 0 Å². The lowest BCUT2D eigenvalue weighted by Gasteiger charge is -2.45. The van der Waals surface area contributed by atoms with E-state index in [1.165, 1.54) is 0 Å². The summed E-state index contributed by atoms with van der Waals surface area (Å²) in [5.41, 5.74) is 1.84. The summed E-state index contributed by atoms with van der Waals surface area (Å²) < 4.78 is 6.04. The van der Waals surface area contributed by atoms with Crippen molar-refractivity contribution in [2.45, 2.75) is 48.3 Å². The highest BCUT2D eigenvalue weighted by Crippen LogP contribution is 2.45. The van der Waals surface area contributed by atoms with Crippen LogP contribution in [-0.2, 0) is 30.4 Å². The largest absolute Gasteiger partial charge is 0.481 e. The highest BCUT2D eigenvalue weighted by molar-refractivity contribution is 7.99. The molecule has 34 heavy (non-hydrogen) atoms. The van der Waals surface area contributed by atoms with Crippen molar-refractivity contribution in [3.05, 3.63) is 58.6 Å². The Balaban J connectivity index is 1.77. The molecule has 8 nitrogen and oxygen atoms in total. The molecule has 0 aromatic heterocycles. The number of hydrogen-bond acceptors (Lipinski definition) is 6. The summed E-state index contributed by atoms with van der Waals surface area (Å²) in [4.78, 5) is 43.0. The minimum atomic E-state index is -1.73. The van der Waals surface area contributed by atoms with Gasteiger partial charge in [-0.2, -0.15) is 0 Å². The maximum absolute atomic E-state index is 12.2. The first-order chi connectivity index (χ1) is 16.2. The molecule has 0 radical (unpaired) electrons. The van der Waals surface area contributed by atoms with Gasteiger partial charge in [0, 0.05) is 27.7 Å². The quantitative estimate of drug-likeness (QED) is 0.456. The third-order valence-corrected chi connectivity index (χ3v) is 7.81. The van der Waals surface area contributed by atoms with Gasteiger partial charge in [0.2, 0.25) is 6.23 Å². The minimum absolute atomic E-state index is 0.166. The monoisotopic (exact) mass is 506 g/mol. The van der Waals surface area contributed by atoms with E-state index in [2.05, 4.69) is 0 Å². The number of rotatable bonds is 5. The average molecular weight is 507 g/mol. The predicted molar refractivity (Wildman–Crippen MR) is 123 cm³/mol. The number of hydroxylamine groups is 3. The van der Waals surface area contributed by atoms with Crippen LogP contribution in [0, 0.1) is 5.92 Å². The van der Waals surface area contributed by atoms with E-state index in [1.54, 1.807) is 18.7 Å². The molecule has 4 unspecified atom stereocenters. The summed E-state index contributed by atoms with van der Waals surface area (Å²) in [6.45, 7) is 2.15. The van der Waals surface area contributed by atoms with Crippen molar-refractivity contribution < 1.29 is 38.8 Å². The average Bonchev–Trinajstić information content (AvgIpc) is 2.96. The Hall–Kier alpha value is -2.59. The molecule has 180 valence electrons. The van der Waals surface area contributed by atoms with Crippen molar-refractivity contribution >= 4 is 41.3 Å². The zero-order chi connectivity index (χ0) is 24.5. The van der Waals surface area contributed by atoms with Crippen molar-refractivity contribution in [3.8, 4) is 0 Å². The van der Waals surface area contributed by atoms with E-state index in [0.717, 1.165) is 20.9 Å². The highest BCUT2D eigenvalue weighted by Gasteiger charge is 2.54. The SMILES string of the molecule is CC[N+]1(OC(=O)C(=O)O)CCCC(C(=O)O)C1OC1Cc2cc(Cl)ccc2Sc2ccccc21. The van der Waals surface area contributed by atoms with E-state index in [0.29, 0.717) is 24.3 Å². The lowest BCUT2D eigenvalue weighted by Crippen LogP contribution is -2.64. The van der Waals surface area contributed by atoms with Gasteiger partial charge in [-0.15, -0.1) is 4.65 Å². The van der Waals surface area contributed by atoms with E-state index < -0.39 is 40.8 Å². The molecule has 2 N–H and O–H groups in total. The first kappa shape index (κ1) is 24.5. The third-order valence-electron chi connectivity index (χ3n) is 6.37. The Labute approximate surface area is 206 Å². The van der Waals surface area contributed by atoms with Crippen molar-refractivity contribution in [2.75, 3.05) is 13.1 Å². The van der Waals surface area contributed by atoms with Gasteiger partial charge in [0.1, 0.15) is 19.0 Å². The first-order valence-corrected chi connectivity index (χ1v) is 12.2. The maximum Gasteiger partial charge on any atom is 0.473 e. The molecule has 0 saturated carbocycles. The topological polar surface area (TPSA) is 110 Å². The fourth-order valence-electron chi connectivity index (χ4n) is 4.70. The molecule has 1 saturated heterocycles.